The second-order valence-corrected chi connectivity index (χ2v) is 15.5. The van der Waals surface area contributed by atoms with Crippen LogP contribution in [0.1, 0.15) is 0 Å². The minimum absolute atomic E-state index is 0.945. The molecule has 3 heterocycles. The standard InChI is InChI=1S/C57H37N3/c1-4-16-38(17-5-1)43-36-51(58-52(37-43)47-23-11-10-22-46(47)39-18-6-2-7-19-39)42-29-28-41-35-45(31-30-40(41)34-42)59-54-27-15-13-25-50(54)56-55(59)33-32-49-48-24-12-14-26-53(48)60(57(49)56)44-20-8-3-9-21-44/h1-37H. The lowest BCUT2D eigenvalue weighted by Crippen LogP contribution is -1.95. The van der Waals surface area contributed by atoms with E-state index in [0.29, 0.717) is 0 Å². The molecule has 0 N–H and O–H groups in total. The van der Waals surface area contributed by atoms with Gasteiger partial charge in [-0.3, -0.25) is 0 Å². The Kier molecular flexibility index (Phi) is 7.85. The van der Waals surface area contributed by atoms with E-state index < -0.39 is 0 Å². The lowest BCUT2D eigenvalue weighted by atomic mass is 9.94. The first-order valence-corrected chi connectivity index (χ1v) is 20.5. The van der Waals surface area contributed by atoms with Gasteiger partial charge in [0.1, 0.15) is 0 Å². The minimum atomic E-state index is 0.945. The molecule has 0 radical (unpaired) electrons. The van der Waals surface area contributed by atoms with Gasteiger partial charge >= 0.3 is 0 Å². The van der Waals surface area contributed by atoms with Crippen molar-refractivity contribution in [2.24, 2.45) is 0 Å². The highest BCUT2D eigenvalue weighted by atomic mass is 15.0. The molecule has 0 saturated carbocycles. The molecule has 0 amide bonds. The van der Waals surface area contributed by atoms with E-state index in [9.17, 15) is 0 Å². The summed E-state index contributed by atoms with van der Waals surface area (Å²) < 4.78 is 4.88. The van der Waals surface area contributed by atoms with Crippen molar-refractivity contribution in [3.05, 3.63) is 224 Å². The van der Waals surface area contributed by atoms with Crippen LogP contribution in [0.4, 0.5) is 0 Å². The second kappa shape index (κ2) is 13.8. The van der Waals surface area contributed by atoms with E-state index in [1.165, 1.54) is 65.5 Å². The molecule has 60 heavy (non-hydrogen) atoms. The Labute approximate surface area is 347 Å². The topological polar surface area (TPSA) is 22.8 Å². The van der Waals surface area contributed by atoms with Crippen molar-refractivity contribution in [3.63, 3.8) is 0 Å². The first-order valence-electron chi connectivity index (χ1n) is 20.5. The number of hydrogen-bond donors (Lipinski definition) is 0. The first-order chi connectivity index (χ1) is 29.8. The monoisotopic (exact) mass is 763 g/mol. The number of nitrogens with zero attached hydrogens (tertiary/aromatic N) is 3. The van der Waals surface area contributed by atoms with Crippen molar-refractivity contribution in [1.29, 1.82) is 0 Å². The van der Waals surface area contributed by atoms with Gasteiger partial charge in [-0.15, -0.1) is 0 Å². The molecule has 12 aromatic rings. The fourth-order valence-electron chi connectivity index (χ4n) is 9.35. The van der Waals surface area contributed by atoms with Gasteiger partial charge < -0.3 is 9.13 Å². The summed E-state index contributed by atoms with van der Waals surface area (Å²) in [5.74, 6) is 0. The third-order valence-electron chi connectivity index (χ3n) is 12.1. The predicted octanol–water partition coefficient (Wildman–Crippen LogP) is 15.1. The summed E-state index contributed by atoms with van der Waals surface area (Å²) >= 11 is 0. The van der Waals surface area contributed by atoms with Crippen molar-refractivity contribution >= 4 is 54.4 Å². The number of aromatic nitrogens is 3. The zero-order valence-corrected chi connectivity index (χ0v) is 32.7. The Hall–Kier alpha value is -8.01. The highest BCUT2D eigenvalue weighted by Crippen LogP contribution is 2.43. The smallest absolute Gasteiger partial charge is 0.0721 e. The van der Waals surface area contributed by atoms with E-state index >= 15 is 0 Å². The van der Waals surface area contributed by atoms with Crippen LogP contribution in [0.25, 0.3) is 111 Å². The van der Waals surface area contributed by atoms with Crippen LogP contribution in [-0.2, 0) is 0 Å². The molecule has 3 heteroatoms. The van der Waals surface area contributed by atoms with Crippen LogP contribution in [0, 0.1) is 0 Å². The second-order valence-electron chi connectivity index (χ2n) is 15.5. The number of pyridine rings is 1. The van der Waals surface area contributed by atoms with Crippen LogP contribution in [0.5, 0.6) is 0 Å². The highest BCUT2D eigenvalue weighted by molar-refractivity contribution is 6.26. The Morgan fingerprint density at radius 1 is 0.300 bits per heavy atom. The van der Waals surface area contributed by atoms with Gasteiger partial charge in [-0.25, -0.2) is 4.98 Å². The molecule has 0 spiro atoms. The molecule has 0 aliphatic heterocycles. The summed E-state index contributed by atoms with van der Waals surface area (Å²) in [4.78, 5) is 5.38. The number of para-hydroxylation sites is 3. The van der Waals surface area contributed by atoms with Crippen LogP contribution in [0.15, 0.2) is 224 Å². The SMILES string of the molecule is c1ccc(-c2cc(-c3ccc4cc(-n5c6ccccc6c6c5ccc5c7ccccc7n(-c7ccccc7)c56)ccc4c3)nc(-c3ccccc3-c3ccccc3)c2)cc1. The fourth-order valence-corrected chi connectivity index (χ4v) is 9.35. The maximum absolute atomic E-state index is 5.38. The van der Waals surface area contributed by atoms with Gasteiger partial charge in [0.15, 0.2) is 0 Å². The Bertz CT molecular complexity index is 3580. The Morgan fingerprint density at radius 3 is 1.68 bits per heavy atom. The van der Waals surface area contributed by atoms with Crippen molar-refractivity contribution in [2.45, 2.75) is 0 Å². The van der Waals surface area contributed by atoms with Gasteiger partial charge in [0.2, 0.25) is 0 Å². The van der Waals surface area contributed by atoms with Crippen LogP contribution < -0.4 is 0 Å². The summed E-state index contributed by atoms with van der Waals surface area (Å²) in [6.07, 6.45) is 0. The summed E-state index contributed by atoms with van der Waals surface area (Å²) in [7, 11) is 0. The van der Waals surface area contributed by atoms with E-state index in [1.807, 2.05) is 0 Å². The number of rotatable bonds is 6. The molecule has 0 atom stereocenters. The highest BCUT2D eigenvalue weighted by Gasteiger charge is 2.21. The summed E-state index contributed by atoms with van der Waals surface area (Å²) in [6, 6.07) is 80.9. The van der Waals surface area contributed by atoms with E-state index in [-0.39, 0.29) is 0 Å². The van der Waals surface area contributed by atoms with Crippen molar-refractivity contribution in [3.8, 4) is 56.1 Å². The Balaban J connectivity index is 1.02. The largest absolute Gasteiger partial charge is 0.309 e. The molecular weight excluding hydrogens is 727 g/mol. The molecule has 3 aromatic heterocycles. The quantitative estimate of drug-likeness (QED) is 0.165. The van der Waals surface area contributed by atoms with Gasteiger partial charge in [-0.05, 0) is 93.7 Å². The number of benzene rings is 9. The van der Waals surface area contributed by atoms with E-state index in [4.69, 9.17) is 4.98 Å². The van der Waals surface area contributed by atoms with Crippen molar-refractivity contribution in [2.75, 3.05) is 0 Å². The maximum atomic E-state index is 5.38. The van der Waals surface area contributed by atoms with E-state index in [2.05, 4.69) is 234 Å². The molecule has 0 fully saturated rings. The molecule has 0 unspecified atom stereocenters. The summed E-state index contributed by atoms with van der Waals surface area (Å²) in [5.41, 5.74) is 15.8. The molecule has 9 aromatic carbocycles. The Morgan fingerprint density at radius 2 is 0.900 bits per heavy atom. The van der Waals surface area contributed by atoms with Crippen LogP contribution in [0.3, 0.4) is 0 Å². The first kappa shape index (κ1) is 34.1. The van der Waals surface area contributed by atoms with E-state index in [1.54, 1.807) is 0 Å². The summed E-state index contributed by atoms with van der Waals surface area (Å²) in [6.45, 7) is 0. The molecule has 0 aliphatic carbocycles. The lowest BCUT2D eigenvalue weighted by molar-refractivity contribution is 1.18. The average Bonchev–Trinajstić information content (AvgIpc) is 3.85. The van der Waals surface area contributed by atoms with Gasteiger partial charge in [0, 0.05) is 44.0 Å². The third kappa shape index (κ3) is 5.48. The number of fused-ring (bicyclic) bond motifs is 8. The zero-order chi connectivity index (χ0) is 39.6. The van der Waals surface area contributed by atoms with Crippen LogP contribution in [-0.4, -0.2) is 14.1 Å². The fraction of sp³-hybridized carbons (Fsp3) is 0. The van der Waals surface area contributed by atoms with Gasteiger partial charge in [0.05, 0.1) is 33.5 Å². The molecular formula is C57H37N3. The van der Waals surface area contributed by atoms with Crippen LogP contribution in [0.2, 0.25) is 0 Å². The molecule has 280 valence electrons. The van der Waals surface area contributed by atoms with Crippen molar-refractivity contribution in [1.82, 2.24) is 14.1 Å². The normalized spacial score (nSPS) is 11.7. The maximum Gasteiger partial charge on any atom is 0.0721 e. The number of hydrogen-bond acceptors (Lipinski definition) is 1. The summed E-state index contributed by atoms with van der Waals surface area (Å²) in [5, 5.41) is 7.35. The van der Waals surface area contributed by atoms with Crippen LogP contribution >= 0.6 is 0 Å². The molecule has 3 nitrogen and oxygen atoms in total. The van der Waals surface area contributed by atoms with E-state index in [0.717, 1.165) is 45.0 Å². The van der Waals surface area contributed by atoms with Crippen molar-refractivity contribution < 1.29 is 0 Å². The molecule has 0 bridgehead atoms. The molecule has 0 saturated heterocycles. The van der Waals surface area contributed by atoms with Gasteiger partial charge in [-0.2, -0.15) is 0 Å². The van der Waals surface area contributed by atoms with Gasteiger partial charge in [0.25, 0.3) is 0 Å². The molecule has 0 aliphatic rings. The third-order valence-corrected chi connectivity index (χ3v) is 12.1. The van der Waals surface area contributed by atoms with Gasteiger partial charge in [-0.1, -0.05) is 164 Å². The predicted molar refractivity (Wildman–Crippen MR) is 252 cm³/mol. The molecule has 12 rings (SSSR count). The lowest BCUT2D eigenvalue weighted by Gasteiger charge is -2.14. The average molecular weight is 764 g/mol. The zero-order valence-electron chi connectivity index (χ0n) is 32.7. The minimum Gasteiger partial charge on any atom is -0.309 e.